The largest absolute Gasteiger partial charge is 0.478 e. The van der Waals surface area contributed by atoms with Crippen molar-refractivity contribution in [3.63, 3.8) is 0 Å². The van der Waals surface area contributed by atoms with Gasteiger partial charge in [0, 0.05) is 6.20 Å². The van der Waals surface area contributed by atoms with Crippen molar-refractivity contribution >= 4 is 17.6 Å². The summed E-state index contributed by atoms with van der Waals surface area (Å²) in [6.45, 7) is 3.43. The summed E-state index contributed by atoms with van der Waals surface area (Å²) in [6, 6.07) is 9.74. The molecule has 106 valence electrons. The first-order chi connectivity index (χ1) is 9.38. The molecular weight excluding hydrogens is 280 g/mol. The van der Waals surface area contributed by atoms with Crippen LogP contribution in [0.15, 0.2) is 36.5 Å². The molecule has 1 heterocycles. The van der Waals surface area contributed by atoms with E-state index >= 15 is 0 Å². The Kier molecular flexibility index (Phi) is 3.99. The molecule has 0 spiro atoms. The van der Waals surface area contributed by atoms with E-state index in [2.05, 4.69) is 5.10 Å². The van der Waals surface area contributed by atoms with Crippen LogP contribution >= 0.6 is 11.6 Å². The summed E-state index contributed by atoms with van der Waals surface area (Å²) < 4.78 is 6.96. The normalized spacial score (nSPS) is 11.3. The Hall–Kier alpha value is -2.01. The maximum absolute atomic E-state index is 11.0. The molecule has 1 N–H and O–H groups in total. The molecule has 0 saturated heterocycles. The molecule has 5 nitrogen and oxygen atoms in total. The first kappa shape index (κ1) is 14.4. The zero-order chi connectivity index (χ0) is 14.8. The summed E-state index contributed by atoms with van der Waals surface area (Å²) in [6.07, 6.45) is 1.61. The Balaban J connectivity index is 2.16. The molecule has 0 aliphatic carbocycles. The number of nitrogens with zero attached hydrogens (tertiary/aromatic N) is 2. The van der Waals surface area contributed by atoms with Crippen LogP contribution < -0.4 is 4.74 Å². The van der Waals surface area contributed by atoms with E-state index in [9.17, 15) is 4.79 Å². The van der Waals surface area contributed by atoms with Gasteiger partial charge in [0.15, 0.2) is 0 Å². The van der Waals surface area contributed by atoms with Gasteiger partial charge in [-0.3, -0.25) is 4.68 Å². The lowest BCUT2D eigenvalue weighted by Gasteiger charge is -2.19. The van der Waals surface area contributed by atoms with E-state index in [4.69, 9.17) is 21.4 Å². The van der Waals surface area contributed by atoms with Crippen molar-refractivity contribution in [2.45, 2.75) is 26.0 Å². The van der Waals surface area contributed by atoms with Crippen molar-refractivity contribution in [1.82, 2.24) is 9.78 Å². The molecule has 0 fully saturated rings. The number of carbonyl (C=O) groups is 1. The third kappa shape index (κ3) is 3.30. The number of hydrogen-bond acceptors (Lipinski definition) is 3. The van der Waals surface area contributed by atoms with Crippen molar-refractivity contribution < 1.29 is 14.6 Å². The van der Waals surface area contributed by atoms with Crippen LogP contribution in [0.25, 0.3) is 0 Å². The highest BCUT2D eigenvalue weighted by atomic mass is 35.5. The highest BCUT2D eigenvalue weighted by Gasteiger charge is 2.31. The summed E-state index contributed by atoms with van der Waals surface area (Å²) in [5, 5.41) is 13.5. The quantitative estimate of drug-likeness (QED) is 0.921. The minimum atomic E-state index is -1.38. The predicted molar refractivity (Wildman–Crippen MR) is 75.1 cm³/mol. The first-order valence-corrected chi connectivity index (χ1v) is 6.45. The molecule has 0 radical (unpaired) electrons. The number of rotatable bonds is 5. The molecule has 0 aliphatic rings. The van der Waals surface area contributed by atoms with Crippen molar-refractivity contribution in [3.8, 4) is 5.88 Å². The second-order valence-corrected chi connectivity index (χ2v) is 5.29. The van der Waals surface area contributed by atoms with Crippen molar-refractivity contribution in [2.24, 2.45) is 0 Å². The minimum absolute atomic E-state index is 0.120. The Labute approximate surface area is 121 Å². The third-order valence-electron chi connectivity index (χ3n) is 2.74. The van der Waals surface area contributed by atoms with Crippen LogP contribution in [0, 0.1) is 0 Å². The molecule has 20 heavy (non-hydrogen) atoms. The average molecular weight is 295 g/mol. The Bertz CT molecular complexity index is 608. The fraction of sp³-hybridized carbons (Fsp3) is 0.286. The zero-order valence-electron chi connectivity index (χ0n) is 11.2. The van der Waals surface area contributed by atoms with Gasteiger partial charge in [0.1, 0.15) is 5.02 Å². The van der Waals surface area contributed by atoms with Gasteiger partial charge in [-0.1, -0.05) is 41.9 Å². The van der Waals surface area contributed by atoms with Crippen LogP contribution in [-0.4, -0.2) is 26.5 Å². The van der Waals surface area contributed by atoms with E-state index in [1.165, 1.54) is 13.8 Å². The lowest BCUT2D eigenvalue weighted by Crippen LogP contribution is -2.38. The highest BCUT2D eigenvalue weighted by molar-refractivity contribution is 6.31. The fourth-order valence-electron chi connectivity index (χ4n) is 1.59. The van der Waals surface area contributed by atoms with Gasteiger partial charge >= 0.3 is 5.97 Å². The third-order valence-corrected chi connectivity index (χ3v) is 3.00. The number of hydrogen-bond donors (Lipinski definition) is 1. The topological polar surface area (TPSA) is 64.4 Å². The average Bonchev–Trinajstić information content (AvgIpc) is 2.70. The molecule has 0 unspecified atom stereocenters. The maximum atomic E-state index is 11.0. The maximum Gasteiger partial charge on any atom is 0.347 e. The zero-order valence-corrected chi connectivity index (χ0v) is 12.0. The van der Waals surface area contributed by atoms with E-state index in [1.54, 1.807) is 10.9 Å². The minimum Gasteiger partial charge on any atom is -0.478 e. The van der Waals surface area contributed by atoms with E-state index < -0.39 is 11.6 Å². The molecule has 6 heteroatoms. The smallest absolute Gasteiger partial charge is 0.347 e. The van der Waals surface area contributed by atoms with Gasteiger partial charge in [0.25, 0.3) is 5.88 Å². The fourth-order valence-corrected chi connectivity index (χ4v) is 1.77. The van der Waals surface area contributed by atoms with Gasteiger partial charge in [-0.15, -0.1) is 5.10 Å². The van der Waals surface area contributed by atoms with Gasteiger partial charge < -0.3 is 9.84 Å². The summed E-state index contributed by atoms with van der Waals surface area (Å²) in [5.41, 5.74) is -0.314. The molecule has 2 rings (SSSR count). The number of ether oxygens (including phenoxy) is 1. The number of carboxylic acid groups (broad SMARTS) is 1. The number of benzene rings is 1. The second-order valence-electron chi connectivity index (χ2n) is 4.88. The predicted octanol–water partition coefficient (Wildman–Crippen LogP) is 2.83. The molecule has 0 aliphatic heterocycles. The van der Waals surface area contributed by atoms with Crippen LogP contribution in [0.1, 0.15) is 19.4 Å². The molecule has 2 aromatic rings. The number of carboxylic acids is 1. The van der Waals surface area contributed by atoms with Crippen LogP contribution in [0.5, 0.6) is 5.88 Å². The first-order valence-electron chi connectivity index (χ1n) is 6.08. The number of halogens is 1. The summed E-state index contributed by atoms with van der Waals surface area (Å²) >= 11 is 6.02. The van der Waals surface area contributed by atoms with Gasteiger partial charge in [-0.2, -0.15) is 0 Å². The Morgan fingerprint density at radius 1 is 1.40 bits per heavy atom. The lowest BCUT2D eigenvalue weighted by atomic mass is 10.1. The summed E-state index contributed by atoms with van der Waals surface area (Å²) in [5.74, 6) is -0.957. The van der Waals surface area contributed by atoms with Crippen LogP contribution in [0.2, 0.25) is 5.02 Å². The molecule has 1 aromatic carbocycles. The van der Waals surface area contributed by atoms with E-state index in [-0.39, 0.29) is 10.9 Å². The van der Waals surface area contributed by atoms with Crippen molar-refractivity contribution in [1.29, 1.82) is 0 Å². The Morgan fingerprint density at radius 3 is 2.65 bits per heavy atom. The van der Waals surface area contributed by atoms with E-state index in [0.29, 0.717) is 6.54 Å². The van der Waals surface area contributed by atoms with Crippen LogP contribution in [0.3, 0.4) is 0 Å². The molecule has 0 atom stereocenters. The Morgan fingerprint density at radius 2 is 2.05 bits per heavy atom. The van der Waals surface area contributed by atoms with Gasteiger partial charge in [-0.05, 0) is 19.4 Å². The van der Waals surface area contributed by atoms with Crippen LogP contribution in [-0.2, 0) is 11.3 Å². The van der Waals surface area contributed by atoms with Gasteiger partial charge in [0.05, 0.1) is 6.54 Å². The van der Waals surface area contributed by atoms with Crippen molar-refractivity contribution in [3.05, 3.63) is 47.1 Å². The lowest BCUT2D eigenvalue weighted by molar-refractivity contribution is -0.152. The van der Waals surface area contributed by atoms with Crippen LogP contribution in [0.4, 0.5) is 0 Å². The summed E-state index contributed by atoms with van der Waals surface area (Å²) in [4.78, 5) is 11.0. The van der Waals surface area contributed by atoms with E-state index in [1.807, 2.05) is 30.3 Å². The highest BCUT2D eigenvalue weighted by Crippen LogP contribution is 2.26. The van der Waals surface area contributed by atoms with E-state index in [0.717, 1.165) is 5.56 Å². The van der Waals surface area contributed by atoms with Gasteiger partial charge in [-0.25, -0.2) is 4.79 Å². The van der Waals surface area contributed by atoms with Gasteiger partial charge in [0.2, 0.25) is 5.60 Å². The molecule has 1 aromatic heterocycles. The molecule has 0 bridgehead atoms. The molecular formula is C14H15ClN2O3. The number of aliphatic carboxylic acids is 1. The number of aromatic nitrogens is 2. The second kappa shape index (κ2) is 5.54. The molecule has 0 saturated carbocycles. The SMILES string of the molecule is CC(C)(Oc1nn(Cc2ccccc2)cc1Cl)C(=O)O. The summed E-state index contributed by atoms with van der Waals surface area (Å²) in [7, 11) is 0. The monoisotopic (exact) mass is 294 g/mol. The molecule has 0 amide bonds. The standard InChI is InChI=1S/C14H15ClN2O3/c1-14(2,13(18)19)20-12-11(15)9-17(16-12)8-10-6-4-3-5-7-10/h3-7,9H,8H2,1-2H3,(H,18,19). The van der Waals surface area contributed by atoms with Crippen molar-refractivity contribution in [2.75, 3.05) is 0 Å².